The Hall–Kier alpha value is -2.04. The molecule has 0 N–H and O–H groups in total. The number of benzene rings is 2. The van der Waals surface area contributed by atoms with Crippen molar-refractivity contribution in [2.75, 3.05) is 7.05 Å². The minimum absolute atomic E-state index is 0.0457. The van der Waals surface area contributed by atoms with Gasteiger partial charge in [0.05, 0.1) is 10.6 Å². The number of hydrogen-bond acceptors (Lipinski definition) is 3. The molecule has 0 radical (unpaired) electrons. The molecule has 26 heavy (non-hydrogen) atoms. The third kappa shape index (κ3) is 4.19. The lowest BCUT2D eigenvalue weighted by Gasteiger charge is -2.18. The zero-order valence-corrected chi connectivity index (χ0v) is 16.9. The molecular formula is C21H21ClN2OS. The Morgan fingerprint density at radius 3 is 2.42 bits per heavy atom. The van der Waals surface area contributed by atoms with E-state index in [1.807, 2.05) is 30.3 Å². The molecule has 0 spiro atoms. The quantitative estimate of drug-likeness (QED) is 0.606. The lowest BCUT2D eigenvalue weighted by atomic mass is 9.87. The summed E-state index contributed by atoms with van der Waals surface area (Å²) < 4.78 is 0. The summed E-state index contributed by atoms with van der Waals surface area (Å²) in [6, 6.07) is 15.6. The molecule has 0 atom stereocenters. The molecule has 3 rings (SSSR count). The number of carbonyl (C=O) groups is 1. The Morgan fingerprint density at radius 2 is 1.81 bits per heavy atom. The Labute approximate surface area is 163 Å². The average molecular weight is 385 g/mol. The largest absolute Gasteiger partial charge is 0.290 e. The first kappa shape index (κ1) is 18.7. The smallest absolute Gasteiger partial charge is 0.266 e. The van der Waals surface area contributed by atoms with Crippen LogP contribution in [0.3, 0.4) is 0 Å². The van der Waals surface area contributed by atoms with Crippen LogP contribution in [-0.2, 0) is 10.2 Å². The maximum atomic E-state index is 12.5. The minimum atomic E-state index is -0.0457. The Kier molecular flexibility index (Phi) is 5.26. The second kappa shape index (κ2) is 7.29. The number of carbonyl (C=O) groups excluding carboxylic acids is 1. The fraction of sp³-hybridized carbons (Fsp3) is 0.238. The second-order valence-corrected chi connectivity index (χ2v) is 8.67. The van der Waals surface area contributed by atoms with Crippen molar-refractivity contribution in [2.24, 2.45) is 4.99 Å². The van der Waals surface area contributed by atoms with Gasteiger partial charge in [0, 0.05) is 12.1 Å². The van der Waals surface area contributed by atoms with Crippen molar-refractivity contribution in [1.29, 1.82) is 0 Å². The number of amidine groups is 1. The van der Waals surface area contributed by atoms with Crippen molar-refractivity contribution < 1.29 is 4.79 Å². The molecule has 2 aromatic carbocycles. The van der Waals surface area contributed by atoms with E-state index in [0.29, 0.717) is 15.1 Å². The molecule has 0 aliphatic carbocycles. The van der Waals surface area contributed by atoms with Gasteiger partial charge in [0.2, 0.25) is 0 Å². The van der Waals surface area contributed by atoms with Gasteiger partial charge in [-0.25, -0.2) is 4.99 Å². The van der Waals surface area contributed by atoms with Crippen LogP contribution in [0.2, 0.25) is 5.02 Å². The lowest BCUT2D eigenvalue weighted by Crippen LogP contribution is -2.23. The van der Waals surface area contributed by atoms with Crippen LogP contribution >= 0.6 is 23.4 Å². The zero-order chi connectivity index (χ0) is 18.9. The predicted molar refractivity (Wildman–Crippen MR) is 112 cm³/mol. The molecule has 1 saturated heterocycles. The zero-order valence-electron chi connectivity index (χ0n) is 15.3. The van der Waals surface area contributed by atoms with Crippen LogP contribution in [0.5, 0.6) is 0 Å². The van der Waals surface area contributed by atoms with E-state index in [9.17, 15) is 4.79 Å². The van der Waals surface area contributed by atoms with E-state index in [2.05, 4.69) is 37.9 Å². The predicted octanol–water partition coefficient (Wildman–Crippen LogP) is 5.87. The molecule has 2 aromatic rings. The van der Waals surface area contributed by atoms with Crippen molar-refractivity contribution in [3.05, 3.63) is 69.6 Å². The third-order valence-corrected chi connectivity index (χ3v) is 5.41. The van der Waals surface area contributed by atoms with Gasteiger partial charge in [0.25, 0.3) is 5.91 Å². The van der Waals surface area contributed by atoms with Gasteiger partial charge in [0.15, 0.2) is 5.17 Å². The number of aliphatic imine (C=N–C) groups is 1. The summed E-state index contributed by atoms with van der Waals surface area (Å²) >= 11 is 7.38. The van der Waals surface area contributed by atoms with Crippen LogP contribution < -0.4 is 0 Å². The SMILES string of the molecule is CN1C(=O)/C(=C/c2ccc(C(C)(C)C)cc2)SC1=Nc1cccc(Cl)c1. The van der Waals surface area contributed by atoms with Crippen molar-refractivity contribution in [3.63, 3.8) is 0 Å². The Morgan fingerprint density at radius 1 is 1.12 bits per heavy atom. The number of nitrogens with zero attached hydrogens (tertiary/aromatic N) is 2. The molecule has 1 heterocycles. The molecule has 1 aliphatic rings. The van der Waals surface area contributed by atoms with Crippen molar-refractivity contribution in [2.45, 2.75) is 26.2 Å². The van der Waals surface area contributed by atoms with Crippen molar-refractivity contribution >= 4 is 46.2 Å². The number of halogens is 1. The maximum Gasteiger partial charge on any atom is 0.266 e. The molecule has 0 bridgehead atoms. The molecular weight excluding hydrogens is 364 g/mol. The monoisotopic (exact) mass is 384 g/mol. The number of hydrogen-bond donors (Lipinski definition) is 0. The summed E-state index contributed by atoms with van der Waals surface area (Å²) in [5.41, 5.74) is 3.12. The van der Waals surface area contributed by atoms with Gasteiger partial charge in [-0.1, -0.05) is 62.7 Å². The van der Waals surface area contributed by atoms with Gasteiger partial charge in [0.1, 0.15) is 0 Å². The van der Waals surface area contributed by atoms with Crippen LogP contribution in [0.25, 0.3) is 6.08 Å². The topological polar surface area (TPSA) is 32.7 Å². The van der Waals surface area contributed by atoms with Crippen LogP contribution in [0.15, 0.2) is 58.4 Å². The molecule has 0 aromatic heterocycles. The molecule has 1 aliphatic heterocycles. The molecule has 134 valence electrons. The highest BCUT2D eigenvalue weighted by atomic mass is 35.5. The van der Waals surface area contributed by atoms with E-state index < -0.39 is 0 Å². The van der Waals surface area contributed by atoms with Gasteiger partial charge in [-0.15, -0.1) is 0 Å². The summed E-state index contributed by atoms with van der Waals surface area (Å²) in [5, 5.41) is 1.27. The number of rotatable bonds is 2. The van der Waals surface area contributed by atoms with Crippen molar-refractivity contribution in [3.8, 4) is 0 Å². The lowest BCUT2D eigenvalue weighted by molar-refractivity contribution is -0.121. The van der Waals surface area contributed by atoms with Crippen LogP contribution in [0.4, 0.5) is 5.69 Å². The second-order valence-electron chi connectivity index (χ2n) is 7.22. The van der Waals surface area contributed by atoms with Crippen LogP contribution in [0.1, 0.15) is 31.9 Å². The first-order chi connectivity index (χ1) is 12.2. The van der Waals surface area contributed by atoms with E-state index in [0.717, 1.165) is 11.3 Å². The maximum absolute atomic E-state index is 12.5. The Bertz CT molecular complexity index is 895. The summed E-state index contributed by atoms with van der Waals surface area (Å²) in [6.07, 6.45) is 1.91. The molecule has 1 amide bonds. The summed E-state index contributed by atoms with van der Waals surface area (Å²) in [4.78, 5) is 19.3. The van der Waals surface area contributed by atoms with E-state index >= 15 is 0 Å². The first-order valence-electron chi connectivity index (χ1n) is 8.36. The van der Waals surface area contributed by atoms with Gasteiger partial charge in [-0.2, -0.15) is 0 Å². The highest BCUT2D eigenvalue weighted by Crippen LogP contribution is 2.33. The highest BCUT2D eigenvalue weighted by Gasteiger charge is 2.30. The van der Waals surface area contributed by atoms with Gasteiger partial charge in [-0.05, 0) is 52.6 Å². The number of thioether (sulfide) groups is 1. The molecule has 1 fully saturated rings. The number of likely N-dealkylation sites (N-methyl/N-ethyl adjacent to an activating group) is 1. The van der Waals surface area contributed by atoms with E-state index in [1.54, 1.807) is 24.1 Å². The third-order valence-electron chi connectivity index (χ3n) is 4.11. The van der Waals surface area contributed by atoms with Crippen molar-refractivity contribution in [1.82, 2.24) is 4.90 Å². The van der Waals surface area contributed by atoms with E-state index in [-0.39, 0.29) is 11.3 Å². The molecule has 3 nitrogen and oxygen atoms in total. The Balaban J connectivity index is 1.85. The summed E-state index contributed by atoms with van der Waals surface area (Å²) in [6.45, 7) is 6.55. The van der Waals surface area contributed by atoms with E-state index in [4.69, 9.17) is 11.6 Å². The van der Waals surface area contributed by atoms with Crippen LogP contribution in [-0.4, -0.2) is 23.0 Å². The highest BCUT2D eigenvalue weighted by molar-refractivity contribution is 8.18. The standard InChI is InChI=1S/C21H21ClN2OS/c1-21(2,3)15-10-8-14(9-11-15)12-18-19(25)24(4)20(26-18)23-17-7-5-6-16(22)13-17/h5-13H,1-4H3/b18-12-,23-20?. The van der Waals surface area contributed by atoms with Gasteiger partial charge >= 0.3 is 0 Å². The molecule has 0 unspecified atom stereocenters. The van der Waals surface area contributed by atoms with Gasteiger partial charge < -0.3 is 0 Å². The fourth-order valence-electron chi connectivity index (χ4n) is 2.54. The summed E-state index contributed by atoms with van der Waals surface area (Å²) in [7, 11) is 1.74. The van der Waals surface area contributed by atoms with Crippen LogP contribution in [0, 0.1) is 0 Å². The minimum Gasteiger partial charge on any atom is -0.290 e. The van der Waals surface area contributed by atoms with Gasteiger partial charge in [-0.3, -0.25) is 9.69 Å². The fourth-order valence-corrected chi connectivity index (χ4v) is 3.71. The summed E-state index contributed by atoms with van der Waals surface area (Å²) in [5.74, 6) is -0.0457. The number of amides is 1. The first-order valence-corrected chi connectivity index (χ1v) is 9.56. The normalized spacial score (nSPS) is 18.2. The average Bonchev–Trinajstić information content (AvgIpc) is 2.83. The molecule has 5 heteroatoms. The van der Waals surface area contributed by atoms with E-state index in [1.165, 1.54) is 17.3 Å². The molecule has 0 saturated carbocycles.